The van der Waals surface area contributed by atoms with Gasteiger partial charge in [-0.2, -0.15) is 0 Å². The normalized spacial score (nSPS) is 17.0. The van der Waals surface area contributed by atoms with Crippen molar-refractivity contribution in [3.05, 3.63) is 185 Å². The van der Waals surface area contributed by atoms with Gasteiger partial charge in [0.25, 0.3) is 0 Å². The van der Waals surface area contributed by atoms with Crippen LogP contribution in [0.4, 0.5) is 11.4 Å². The zero-order valence-electron chi connectivity index (χ0n) is 43.8. The summed E-state index contributed by atoms with van der Waals surface area (Å²) in [6.07, 6.45) is 2.39. The molecule has 8 aromatic carbocycles. The van der Waals surface area contributed by atoms with Crippen molar-refractivity contribution in [3.8, 4) is 50.4 Å². The van der Waals surface area contributed by atoms with E-state index in [9.17, 15) is 0 Å². The molecule has 4 heteroatoms. The number of furan rings is 1. The molecule has 0 saturated carbocycles. The van der Waals surface area contributed by atoms with Crippen molar-refractivity contribution < 1.29 is 4.42 Å². The lowest BCUT2D eigenvalue weighted by Crippen LogP contribution is -2.37. The van der Waals surface area contributed by atoms with Gasteiger partial charge in [0.05, 0.1) is 5.52 Å². The Bertz CT molecular complexity index is 4000. The van der Waals surface area contributed by atoms with E-state index in [2.05, 4.69) is 232 Å². The summed E-state index contributed by atoms with van der Waals surface area (Å²) in [5.74, 6) is 0.895. The summed E-state index contributed by atoms with van der Waals surface area (Å²) < 4.78 is 9.38. The molecule has 0 radical (unpaired) electrons. The SMILES string of the molecule is CC(C)(C)c1ccc(Nc2cc3c(cc2-c2ccc4c5cc6c(cc5n5c4c2Bc2cc4oc(-c7ccccc7)cc4cc2-5)C(C)(C)c2ccccc2-6)-c2cc4c(cc2C3(C)C)C(C)(C)CCC4(C)C)cc1. The number of nitrogens with zero attached hydrogens (tertiary/aromatic N) is 1. The predicted molar refractivity (Wildman–Crippen MR) is 307 cm³/mol. The Morgan fingerprint density at radius 1 is 0.528 bits per heavy atom. The predicted octanol–water partition coefficient (Wildman–Crippen LogP) is 16.6. The topological polar surface area (TPSA) is 30.1 Å². The molecule has 1 N–H and O–H groups in total. The minimum absolute atomic E-state index is 0.0613. The lowest BCUT2D eigenvalue weighted by Gasteiger charge is -2.42. The van der Waals surface area contributed by atoms with Crippen LogP contribution in [0.5, 0.6) is 0 Å². The van der Waals surface area contributed by atoms with Crippen molar-refractivity contribution in [3.63, 3.8) is 0 Å². The molecular weight excluding hydrogens is 872 g/mol. The van der Waals surface area contributed by atoms with E-state index < -0.39 is 0 Å². The third kappa shape index (κ3) is 6.05. The molecule has 10 aromatic rings. The first-order valence-electron chi connectivity index (χ1n) is 26.4. The average molecular weight is 935 g/mol. The van der Waals surface area contributed by atoms with Gasteiger partial charge in [0, 0.05) is 60.7 Å². The number of anilines is 2. The van der Waals surface area contributed by atoms with E-state index in [0.29, 0.717) is 0 Å². The lowest BCUT2D eigenvalue weighted by molar-refractivity contribution is 0.331. The minimum Gasteiger partial charge on any atom is -0.456 e. The summed E-state index contributed by atoms with van der Waals surface area (Å²) >= 11 is 0. The van der Waals surface area contributed by atoms with Gasteiger partial charge >= 0.3 is 0 Å². The summed E-state index contributed by atoms with van der Waals surface area (Å²) in [4.78, 5) is 0. The van der Waals surface area contributed by atoms with Crippen LogP contribution in [0.1, 0.15) is 128 Å². The summed E-state index contributed by atoms with van der Waals surface area (Å²) in [5.41, 5.74) is 28.5. The second-order valence-electron chi connectivity index (χ2n) is 25.3. The van der Waals surface area contributed by atoms with E-state index in [1.54, 1.807) is 0 Å². The maximum atomic E-state index is 6.75. The highest BCUT2D eigenvalue weighted by Gasteiger charge is 2.44. The number of rotatable bonds is 4. The standard InChI is InChI=1S/C68H63BN2O/c1-64(2,3)40-21-23-41(24-22-40)70-57-35-52-46(47-33-54-55(34-51(47)68(52,10)11)66(6,7)28-27-65(54,4)5)31-48(57)43-25-26-44-49-32-45-42-19-15-16-20-50(42)67(8,9)53(45)36-58(49)71-59-29-39-30-60(38-17-13-12-14-18-38)72-61(39)37-56(59)69-62(43)63(44)71/h12-26,29-37,69-70H,27-28H2,1-11H3. The van der Waals surface area contributed by atoms with Crippen molar-refractivity contribution >= 4 is 62.4 Å². The Labute approximate surface area is 425 Å². The highest BCUT2D eigenvalue weighted by Crippen LogP contribution is 2.57. The van der Waals surface area contributed by atoms with E-state index in [1.165, 1.54) is 124 Å². The number of aromatic nitrogens is 1. The van der Waals surface area contributed by atoms with Gasteiger partial charge in [0.2, 0.25) is 0 Å². The molecule has 14 rings (SSSR count). The smallest absolute Gasteiger partial charge is 0.198 e. The first-order chi connectivity index (χ1) is 34.3. The number of fused-ring (bicyclic) bond motifs is 13. The Morgan fingerprint density at radius 2 is 1.18 bits per heavy atom. The lowest BCUT2D eigenvalue weighted by atomic mass is 9.59. The molecule has 3 aliphatic carbocycles. The summed E-state index contributed by atoms with van der Waals surface area (Å²) in [7, 11) is 0.777. The highest BCUT2D eigenvalue weighted by molar-refractivity contribution is 6.73. The molecule has 0 unspecified atom stereocenters. The zero-order chi connectivity index (χ0) is 49.6. The number of hydrogen-bond acceptors (Lipinski definition) is 2. The van der Waals surface area contributed by atoms with Crippen molar-refractivity contribution in [2.24, 2.45) is 0 Å². The van der Waals surface area contributed by atoms with Gasteiger partial charge in [-0.1, -0.05) is 167 Å². The Kier molecular flexibility index (Phi) is 8.71. The van der Waals surface area contributed by atoms with Crippen molar-refractivity contribution in [1.82, 2.24) is 4.57 Å². The second-order valence-corrected chi connectivity index (χ2v) is 25.3. The van der Waals surface area contributed by atoms with Crippen LogP contribution >= 0.6 is 0 Å². The number of benzene rings is 8. The molecule has 3 nitrogen and oxygen atoms in total. The molecule has 2 aromatic heterocycles. The van der Waals surface area contributed by atoms with Crippen molar-refractivity contribution in [2.45, 2.75) is 116 Å². The molecule has 0 fully saturated rings. The fourth-order valence-electron chi connectivity index (χ4n) is 13.8. The van der Waals surface area contributed by atoms with E-state index in [4.69, 9.17) is 4.42 Å². The Morgan fingerprint density at radius 3 is 1.93 bits per heavy atom. The summed E-state index contributed by atoms with van der Waals surface area (Å²) in [5, 5.41) is 7.79. The van der Waals surface area contributed by atoms with Gasteiger partial charge in [-0.25, -0.2) is 0 Å². The first-order valence-corrected chi connectivity index (χ1v) is 26.4. The van der Waals surface area contributed by atoms with Crippen LogP contribution in [0.15, 0.2) is 150 Å². The molecule has 4 aliphatic rings. The van der Waals surface area contributed by atoms with Crippen LogP contribution in [-0.4, -0.2) is 11.8 Å². The van der Waals surface area contributed by atoms with Gasteiger partial charge in [0.1, 0.15) is 11.3 Å². The van der Waals surface area contributed by atoms with Crippen LogP contribution in [0.25, 0.3) is 83.2 Å². The molecule has 0 amide bonds. The molecule has 3 heterocycles. The van der Waals surface area contributed by atoms with E-state index in [0.717, 1.165) is 40.9 Å². The summed E-state index contributed by atoms with van der Waals surface area (Å²) in [6, 6.07) is 55.9. The molecule has 354 valence electrons. The minimum atomic E-state index is -0.189. The van der Waals surface area contributed by atoms with Gasteiger partial charge in [-0.3, -0.25) is 0 Å². The molecule has 0 spiro atoms. The van der Waals surface area contributed by atoms with Crippen LogP contribution in [-0.2, 0) is 27.1 Å². The fourth-order valence-corrected chi connectivity index (χ4v) is 13.8. The maximum Gasteiger partial charge on any atom is 0.198 e. The van der Waals surface area contributed by atoms with Gasteiger partial charge in [0.15, 0.2) is 7.28 Å². The first kappa shape index (κ1) is 43.7. The average Bonchev–Trinajstić information content (AvgIpc) is 4.05. The highest BCUT2D eigenvalue weighted by atomic mass is 16.3. The molecule has 1 aliphatic heterocycles. The van der Waals surface area contributed by atoms with Crippen molar-refractivity contribution in [2.75, 3.05) is 5.32 Å². The van der Waals surface area contributed by atoms with Crippen LogP contribution in [0.3, 0.4) is 0 Å². The van der Waals surface area contributed by atoms with E-state index in [1.807, 2.05) is 0 Å². The van der Waals surface area contributed by atoms with Gasteiger partial charge < -0.3 is 14.3 Å². The molecular formula is C68H63BN2O. The van der Waals surface area contributed by atoms with Crippen LogP contribution < -0.4 is 16.2 Å². The molecule has 0 bridgehead atoms. The largest absolute Gasteiger partial charge is 0.456 e. The monoisotopic (exact) mass is 935 g/mol. The van der Waals surface area contributed by atoms with Crippen LogP contribution in [0.2, 0.25) is 0 Å². The summed E-state index contributed by atoms with van der Waals surface area (Å²) in [6.45, 7) is 26.4. The van der Waals surface area contributed by atoms with Gasteiger partial charge in [-0.05, 0) is 162 Å². The fraction of sp³-hybridized carbons (Fsp3) is 0.265. The van der Waals surface area contributed by atoms with E-state index >= 15 is 0 Å². The zero-order valence-corrected chi connectivity index (χ0v) is 43.8. The Hall–Kier alpha value is -7.04. The number of nitrogens with one attached hydrogen (secondary N) is 1. The van der Waals surface area contributed by atoms with Crippen LogP contribution in [0, 0.1) is 0 Å². The second kappa shape index (κ2) is 14.3. The Balaban J connectivity index is 1.05. The quantitative estimate of drug-likeness (QED) is 0.178. The third-order valence-electron chi connectivity index (χ3n) is 18.2. The maximum absolute atomic E-state index is 6.75. The third-order valence-corrected chi connectivity index (χ3v) is 18.2. The molecule has 0 saturated heterocycles. The molecule has 72 heavy (non-hydrogen) atoms. The van der Waals surface area contributed by atoms with E-state index in [-0.39, 0.29) is 27.1 Å². The number of hydrogen-bond donors (Lipinski definition) is 1. The van der Waals surface area contributed by atoms with Gasteiger partial charge in [-0.15, -0.1) is 0 Å². The van der Waals surface area contributed by atoms with Crippen molar-refractivity contribution in [1.29, 1.82) is 0 Å². The molecule has 0 atom stereocenters.